The Morgan fingerprint density at radius 1 is 1.28 bits per heavy atom. The number of ether oxygens (including phenoxy) is 1. The van der Waals surface area contributed by atoms with Crippen molar-refractivity contribution >= 4 is 35.4 Å². The van der Waals surface area contributed by atoms with E-state index < -0.39 is 11.9 Å². The van der Waals surface area contributed by atoms with Crippen LogP contribution in [0.3, 0.4) is 0 Å². The van der Waals surface area contributed by atoms with Crippen molar-refractivity contribution in [1.29, 1.82) is 0 Å². The lowest BCUT2D eigenvalue weighted by molar-refractivity contribution is -0.142. The molecule has 1 amide bonds. The Bertz CT molecular complexity index is 795. The van der Waals surface area contributed by atoms with E-state index >= 15 is 0 Å². The molecule has 1 N–H and O–H groups in total. The van der Waals surface area contributed by atoms with E-state index in [9.17, 15) is 9.59 Å². The lowest BCUT2D eigenvalue weighted by Crippen LogP contribution is -2.20. The van der Waals surface area contributed by atoms with E-state index in [1.807, 2.05) is 37.4 Å². The van der Waals surface area contributed by atoms with Crippen molar-refractivity contribution in [2.75, 3.05) is 18.2 Å². The van der Waals surface area contributed by atoms with Crippen LogP contribution in [0.1, 0.15) is 17.0 Å². The van der Waals surface area contributed by atoms with Crippen LogP contribution in [0, 0.1) is 13.8 Å². The summed E-state index contributed by atoms with van der Waals surface area (Å²) < 4.78 is 6.64. The zero-order valence-corrected chi connectivity index (χ0v) is 15.5. The highest BCUT2D eigenvalue weighted by Crippen LogP contribution is 2.18. The van der Waals surface area contributed by atoms with Crippen molar-refractivity contribution in [2.45, 2.75) is 18.7 Å². The normalized spacial score (nSPS) is 10.9. The maximum Gasteiger partial charge on any atom is 0.331 e. The van der Waals surface area contributed by atoms with Crippen molar-refractivity contribution in [3.05, 3.63) is 47.3 Å². The number of amides is 1. The summed E-state index contributed by atoms with van der Waals surface area (Å²) in [4.78, 5) is 24.8. The second-order valence-corrected chi connectivity index (χ2v) is 6.31. The van der Waals surface area contributed by atoms with Gasteiger partial charge in [-0.05, 0) is 43.9 Å². The minimum absolute atomic E-state index is 0.345. The molecule has 0 saturated carbocycles. The van der Waals surface area contributed by atoms with Gasteiger partial charge in [0.25, 0.3) is 5.91 Å². The Hall–Kier alpha value is -2.54. The van der Waals surface area contributed by atoms with Crippen LogP contribution in [0.25, 0.3) is 6.08 Å². The predicted octanol–water partition coefficient (Wildman–Crippen LogP) is 2.95. The van der Waals surface area contributed by atoms with Gasteiger partial charge in [-0.25, -0.2) is 4.79 Å². The number of hydrogen-bond acceptors (Lipinski definition) is 5. The third-order valence-electron chi connectivity index (χ3n) is 3.65. The molecule has 0 aliphatic rings. The van der Waals surface area contributed by atoms with E-state index in [2.05, 4.69) is 10.4 Å². The van der Waals surface area contributed by atoms with Gasteiger partial charge in [-0.1, -0.05) is 12.1 Å². The van der Waals surface area contributed by atoms with Crippen molar-refractivity contribution in [3.8, 4) is 0 Å². The Kier molecular flexibility index (Phi) is 6.41. The molecule has 132 valence electrons. The molecular weight excluding hydrogens is 338 g/mol. The summed E-state index contributed by atoms with van der Waals surface area (Å²) in [6.45, 7) is 3.31. The van der Waals surface area contributed by atoms with E-state index in [-0.39, 0.29) is 6.61 Å². The van der Waals surface area contributed by atoms with Gasteiger partial charge in [0, 0.05) is 18.0 Å². The molecule has 1 aromatic carbocycles. The number of aromatic nitrogens is 2. The average Bonchev–Trinajstić information content (AvgIpc) is 2.84. The number of rotatable bonds is 6. The molecule has 2 rings (SSSR count). The fourth-order valence-electron chi connectivity index (χ4n) is 2.19. The van der Waals surface area contributed by atoms with Crippen LogP contribution in [0.5, 0.6) is 0 Å². The summed E-state index contributed by atoms with van der Waals surface area (Å²) in [6, 6.07) is 7.77. The Balaban J connectivity index is 1.84. The zero-order chi connectivity index (χ0) is 18.4. The summed E-state index contributed by atoms with van der Waals surface area (Å²) >= 11 is 1.65. The quantitative estimate of drug-likeness (QED) is 0.488. The smallest absolute Gasteiger partial charge is 0.331 e. The first-order chi connectivity index (χ1) is 11.9. The van der Waals surface area contributed by atoms with Crippen LogP contribution in [-0.2, 0) is 21.4 Å². The second-order valence-electron chi connectivity index (χ2n) is 5.43. The van der Waals surface area contributed by atoms with Crippen molar-refractivity contribution < 1.29 is 14.3 Å². The third-order valence-corrected chi connectivity index (χ3v) is 4.39. The van der Waals surface area contributed by atoms with Gasteiger partial charge in [0.15, 0.2) is 6.61 Å². The molecular formula is C18H21N3O3S. The number of aryl methyl sites for hydroxylation is 2. The number of nitrogens with one attached hydrogen (secondary N) is 1. The lowest BCUT2D eigenvalue weighted by atomic mass is 10.2. The van der Waals surface area contributed by atoms with E-state index in [1.165, 1.54) is 6.08 Å². The molecule has 0 fully saturated rings. The Morgan fingerprint density at radius 3 is 2.52 bits per heavy atom. The highest BCUT2D eigenvalue weighted by molar-refractivity contribution is 7.98. The number of benzene rings is 1. The van der Waals surface area contributed by atoms with E-state index in [1.54, 1.807) is 36.5 Å². The third kappa shape index (κ3) is 5.22. The molecule has 0 spiro atoms. The van der Waals surface area contributed by atoms with Crippen molar-refractivity contribution in [1.82, 2.24) is 9.78 Å². The predicted molar refractivity (Wildman–Crippen MR) is 99.5 cm³/mol. The molecule has 1 aromatic heterocycles. The molecule has 7 heteroatoms. The zero-order valence-electron chi connectivity index (χ0n) is 14.7. The summed E-state index contributed by atoms with van der Waals surface area (Å²) in [5.41, 5.74) is 3.09. The summed E-state index contributed by atoms with van der Waals surface area (Å²) in [7, 11) is 1.80. The van der Waals surface area contributed by atoms with Crippen molar-refractivity contribution in [3.63, 3.8) is 0 Å². The maximum atomic E-state index is 11.9. The summed E-state index contributed by atoms with van der Waals surface area (Å²) in [6.07, 6.45) is 4.96. The van der Waals surface area contributed by atoms with Gasteiger partial charge in [0.1, 0.15) is 0 Å². The van der Waals surface area contributed by atoms with Crippen LogP contribution in [-0.4, -0.2) is 34.5 Å². The molecule has 25 heavy (non-hydrogen) atoms. The summed E-state index contributed by atoms with van der Waals surface area (Å²) in [5.74, 6) is -0.964. The fraction of sp³-hybridized carbons (Fsp3) is 0.278. The number of nitrogens with zero attached hydrogens (tertiary/aromatic N) is 2. The van der Waals surface area contributed by atoms with E-state index in [4.69, 9.17) is 4.74 Å². The highest BCUT2D eigenvalue weighted by atomic mass is 32.2. The minimum atomic E-state index is -0.566. The number of carbonyl (C=O) groups excluding carboxylic acids is 2. The molecule has 0 bridgehead atoms. The first-order valence-electron chi connectivity index (χ1n) is 7.69. The van der Waals surface area contributed by atoms with Crippen LogP contribution in [0.4, 0.5) is 5.69 Å². The molecule has 0 atom stereocenters. The van der Waals surface area contributed by atoms with Gasteiger partial charge in [0.05, 0.1) is 17.1 Å². The van der Waals surface area contributed by atoms with E-state index in [0.29, 0.717) is 11.4 Å². The fourth-order valence-corrected chi connectivity index (χ4v) is 2.60. The number of anilines is 1. The molecule has 2 aromatic rings. The first-order valence-corrected chi connectivity index (χ1v) is 8.92. The molecule has 0 aliphatic heterocycles. The van der Waals surface area contributed by atoms with Crippen LogP contribution in [0.2, 0.25) is 0 Å². The first kappa shape index (κ1) is 18.8. The molecule has 1 heterocycles. The highest BCUT2D eigenvalue weighted by Gasteiger charge is 2.13. The summed E-state index contributed by atoms with van der Waals surface area (Å²) in [5, 5.41) is 6.93. The molecule has 0 unspecified atom stereocenters. The van der Waals surface area contributed by atoms with Gasteiger partial charge in [-0.2, -0.15) is 5.10 Å². The standard InChI is InChI=1S/C18H21N3O3S/c1-12-18(13(2)21(3)20-12)19-16(22)11-24-17(23)10-7-14-5-8-15(25-4)9-6-14/h5-10H,11H2,1-4H3,(H,19,22)/b10-7+. The van der Waals surface area contributed by atoms with Crippen molar-refractivity contribution in [2.24, 2.45) is 7.05 Å². The molecule has 0 saturated heterocycles. The largest absolute Gasteiger partial charge is 0.452 e. The number of thioether (sulfide) groups is 1. The molecule has 0 radical (unpaired) electrons. The Labute approximate surface area is 151 Å². The molecule has 6 nitrogen and oxygen atoms in total. The van der Waals surface area contributed by atoms with Gasteiger partial charge in [-0.15, -0.1) is 11.8 Å². The van der Waals surface area contributed by atoms with Gasteiger partial charge in [-0.3, -0.25) is 9.48 Å². The topological polar surface area (TPSA) is 73.2 Å². The second kappa shape index (κ2) is 8.53. The number of hydrogen-bond donors (Lipinski definition) is 1. The van der Waals surface area contributed by atoms with Crippen LogP contribution >= 0.6 is 11.8 Å². The minimum Gasteiger partial charge on any atom is -0.452 e. The van der Waals surface area contributed by atoms with Crippen LogP contribution < -0.4 is 5.32 Å². The maximum absolute atomic E-state index is 11.9. The van der Waals surface area contributed by atoms with Gasteiger partial charge < -0.3 is 10.1 Å². The SMILES string of the molecule is CSc1ccc(/C=C/C(=O)OCC(=O)Nc2c(C)nn(C)c2C)cc1. The Morgan fingerprint density at radius 2 is 1.96 bits per heavy atom. The monoisotopic (exact) mass is 359 g/mol. The van der Waals surface area contributed by atoms with Gasteiger partial charge in [0.2, 0.25) is 0 Å². The number of carbonyl (C=O) groups is 2. The van der Waals surface area contributed by atoms with Crippen LogP contribution in [0.15, 0.2) is 35.2 Å². The molecule has 0 aliphatic carbocycles. The lowest BCUT2D eigenvalue weighted by Gasteiger charge is -2.05. The van der Waals surface area contributed by atoms with E-state index in [0.717, 1.165) is 16.2 Å². The van der Waals surface area contributed by atoms with Gasteiger partial charge >= 0.3 is 5.97 Å². The average molecular weight is 359 g/mol. The number of esters is 1.